The van der Waals surface area contributed by atoms with E-state index in [1.54, 1.807) is 0 Å². The summed E-state index contributed by atoms with van der Waals surface area (Å²) >= 11 is 0. The van der Waals surface area contributed by atoms with E-state index in [9.17, 15) is 4.79 Å². The van der Waals surface area contributed by atoms with Gasteiger partial charge in [0.1, 0.15) is 5.82 Å². The van der Waals surface area contributed by atoms with Crippen molar-refractivity contribution in [3.63, 3.8) is 0 Å². The van der Waals surface area contributed by atoms with Crippen LogP contribution in [-0.4, -0.2) is 24.0 Å². The highest BCUT2D eigenvalue weighted by atomic mass is 16.1. The van der Waals surface area contributed by atoms with Gasteiger partial charge in [-0.15, -0.1) is 0 Å². The molecule has 1 amide bonds. The summed E-state index contributed by atoms with van der Waals surface area (Å²) in [6, 6.07) is 19.9. The number of carbonyl (C=O) groups is 1. The summed E-state index contributed by atoms with van der Waals surface area (Å²) in [6.07, 6.45) is 6.18. The van der Waals surface area contributed by atoms with Crippen LogP contribution in [0.25, 0.3) is 10.9 Å². The Hall–Kier alpha value is -3.14. The molecule has 2 heterocycles. The lowest BCUT2D eigenvalue weighted by Crippen LogP contribution is -2.30. The fourth-order valence-electron chi connectivity index (χ4n) is 3.70. The molecular weight excluding hydrogens is 346 g/mol. The number of pyridine rings is 1. The first-order valence-corrected chi connectivity index (χ1v) is 9.92. The fraction of sp³-hybridized carbons (Fsp3) is 0.250. The van der Waals surface area contributed by atoms with Crippen LogP contribution in [0.4, 0.5) is 5.82 Å². The quantitative estimate of drug-likeness (QED) is 0.650. The predicted molar refractivity (Wildman–Crippen MR) is 115 cm³/mol. The molecule has 0 saturated carbocycles. The maximum atomic E-state index is 13.3. The molecule has 1 aromatic heterocycles. The second-order valence-corrected chi connectivity index (χ2v) is 7.10. The summed E-state index contributed by atoms with van der Waals surface area (Å²) in [4.78, 5) is 20.3. The monoisotopic (exact) mass is 371 g/mol. The lowest BCUT2D eigenvalue weighted by molar-refractivity contribution is 0.0937. The molecule has 0 fully saturated rings. The number of hydrogen-bond acceptors (Lipinski definition) is 3. The number of benzene rings is 2. The van der Waals surface area contributed by atoms with E-state index in [0.717, 1.165) is 48.2 Å². The summed E-state index contributed by atoms with van der Waals surface area (Å²) < 4.78 is 0. The first kappa shape index (κ1) is 18.2. The lowest BCUT2D eigenvalue weighted by atomic mass is 10.0. The molecule has 1 unspecified atom stereocenters. The highest BCUT2D eigenvalue weighted by Gasteiger charge is 2.19. The molecule has 4 rings (SSSR count). The van der Waals surface area contributed by atoms with Gasteiger partial charge in [0.25, 0.3) is 5.91 Å². The van der Waals surface area contributed by atoms with Crippen molar-refractivity contribution in [1.29, 1.82) is 0 Å². The van der Waals surface area contributed by atoms with Gasteiger partial charge in [-0.3, -0.25) is 4.79 Å². The van der Waals surface area contributed by atoms with Crippen molar-refractivity contribution >= 4 is 22.6 Å². The third-order valence-electron chi connectivity index (χ3n) is 5.24. The Balaban J connectivity index is 1.70. The summed E-state index contributed by atoms with van der Waals surface area (Å²) in [5.41, 5.74) is 2.66. The number of nitrogens with one attached hydrogen (secondary N) is 1. The summed E-state index contributed by atoms with van der Waals surface area (Å²) in [6.45, 7) is 3.84. The molecule has 28 heavy (non-hydrogen) atoms. The number of nitrogens with zero attached hydrogens (tertiary/aromatic N) is 2. The molecule has 0 bridgehead atoms. The van der Waals surface area contributed by atoms with Crippen LogP contribution in [0.5, 0.6) is 0 Å². The Kier molecular flexibility index (Phi) is 5.38. The number of aromatic nitrogens is 1. The third kappa shape index (κ3) is 3.77. The van der Waals surface area contributed by atoms with Crippen molar-refractivity contribution in [3.8, 4) is 0 Å². The van der Waals surface area contributed by atoms with Gasteiger partial charge in [0.05, 0.1) is 17.1 Å². The SMILES string of the molecule is CCC(NC(=O)c1cc(N2CC=CCC2)nc2ccccc12)c1ccccc1. The first-order chi connectivity index (χ1) is 13.8. The molecule has 0 radical (unpaired) electrons. The van der Waals surface area contributed by atoms with Crippen LogP contribution in [0.3, 0.4) is 0 Å². The molecule has 0 saturated heterocycles. The van der Waals surface area contributed by atoms with Gasteiger partial charge >= 0.3 is 0 Å². The minimum atomic E-state index is -0.0527. The van der Waals surface area contributed by atoms with Gasteiger partial charge in [0.15, 0.2) is 0 Å². The van der Waals surface area contributed by atoms with Gasteiger partial charge in [-0.25, -0.2) is 4.98 Å². The molecule has 0 spiro atoms. The van der Waals surface area contributed by atoms with Crippen molar-refractivity contribution in [2.24, 2.45) is 0 Å². The van der Waals surface area contributed by atoms with E-state index in [0.29, 0.717) is 5.56 Å². The van der Waals surface area contributed by atoms with Gasteiger partial charge in [-0.1, -0.05) is 67.6 Å². The minimum Gasteiger partial charge on any atom is -0.353 e. The van der Waals surface area contributed by atoms with E-state index < -0.39 is 0 Å². The second kappa shape index (κ2) is 8.26. The minimum absolute atomic E-state index is 0.0120. The van der Waals surface area contributed by atoms with Crippen molar-refractivity contribution in [3.05, 3.63) is 83.9 Å². The lowest BCUT2D eigenvalue weighted by Gasteiger charge is -2.25. The molecule has 3 aromatic rings. The van der Waals surface area contributed by atoms with Crippen LogP contribution in [0.15, 0.2) is 72.8 Å². The molecule has 0 aliphatic carbocycles. The third-order valence-corrected chi connectivity index (χ3v) is 5.24. The molecule has 4 nitrogen and oxygen atoms in total. The largest absolute Gasteiger partial charge is 0.353 e. The zero-order valence-corrected chi connectivity index (χ0v) is 16.1. The maximum absolute atomic E-state index is 13.3. The van der Waals surface area contributed by atoms with Gasteiger partial charge in [0, 0.05) is 18.5 Å². The van der Waals surface area contributed by atoms with Crippen molar-refractivity contribution in [1.82, 2.24) is 10.3 Å². The van der Waals surface area contributed by atoms with Crippen LogP contribution in [0, 0.1) is 0 Å². The number of fused-ring (bicyclic) bond motifs is 1. The summed E-state index contributed by atoms with van der Waals surface area (Å²) in [7, 11) is 0. The van der Waals surface area contributed by atoms with E-state index in [4.69, 9.17) is 4.98 Å². The Morgan fingerprint density at radius 3 is 2.64 bits per heavy atom. The first-order valence-electron chi connectivity index (χ1n) is 9.92. The molecule has 2 aromatic carbocycles. The van der Waals surface area contributed by atoms with Gasteiger partial charge in [-0.05, 0) is 30.5 Å². The molecule has 1 aliphatic rings. The fourth-order valence-corrected chi connectivity index (χ4v) is 3.70. The molecule has 142 valence electrons. The van der Waals surface area contributed by atoms with Crippen molar-refractivity contribution in [2.75, 3.05) is 18.0 Å². The van der Waals surface area contributed by atoms with Crippen molar-refractivity contribution in [2.45, 2.75) is 25.8 Å². The highest BCUT2D eigenvalue weighted by molar-refractivity contribution is 6.07. The normalized spacial score (nSPS) is 14.8. The Morgan fingerprint density at radius 2 is 1.89 bits per heavy atom. The predicted octanol–water partition coefficient (Wildman–Crippen LogP) is 4.88. The van der Waals surface area contributed by atoms with E-state index in [1.807, 2.05) is 48.5 Å². The topological polar surface area (TPSA) is 45.2 Å². The standard InChI is InChI=1S/C24H25N3O/c1-2-21(18-11-5-3-6-12-18)26-24(28)20-17-23(27-15-9-4-10-16-27)25-22-14-8-7-13-19(20)22/h3-9,11-14,17,21H,2,10,15-16H2,1H3,(H,26,28). The number of para-hydroxylation sites is 1. The molecule has 1 atom stereocenters. The van der Waals surface area contributed by atoms with E-state index in [1.165, 1.54) is 0 Å². The maximum Gasteiger partial charge on any atom is 0.252 e. The molecule has 4 heteroatoms. The molecular formula is C24H25N3O. The zero-order valence-electron chi connectivity index (χ0n) is 16.1. The number of hydrogen-bond donors (Lipinski definition) is 1. The zero-order chi connectivity index (χ0) is 19.3. The van der Waals surface area contributed by atoms with Crippen molar-refractivity contribution < 1.29 is 4.79 Å². The molecule has 1 N–H and O–H groups in total. The van der Waals surface area contributed by atoms with Crippen LogP contribution in [0.2, 0.25) is 0 Å². The van der Waals surface area contributed by atoms with Crippen LogP contribution < -0.4 is 10.2 Å². The number of carbonyl (C=O) groups excluding carboxylic acids is 1. The number of amides is 1. The van der Waals surface area contributed by atoms with E-state index in [2.05, 4.69) is 41.4 Å². The van der Waals surface area contributed by atoms with E-state index in [-0.39, 0.29) is 11.9 Å². The van der Waals surface area contributed by atoms with Crippen LogP contribution >= 0.6 is 0 Å². The highest BCUT2D eigenvalue weighted by Crippen LogP contribution is 2.25. The number of rotatable bonds is 5. The summed E-state index contributed by atoms with van der Waals surface area (Å²) in [5.74, 6) is 0.809. The van der Waals surface area contributed by atoms with Crippen LogP contribution in [-0.2, 0) is 0 Å². The van der Waals surface area contributed by atoms with Gasteiger partial charge in [0.2, 0.25) is 0 Å². The van der Waals surface area contributed by atoms with Gasteiger partial charge in [-0.2, -0.15) is 0 Å². The summed E-state index contributed by atoms with van der Waals surface area (Å²) in [5, 5.41) is 4.11. The second-order valence-electron chi connectivity index (χ2n) is 7.10. The van der Waals surface area contributed by atoms with Crippen LogP contribution in [0.1, 0.15) is 41.7 Å². The Morgan fingerprint density at radius 1 is 1.11 bits per heavy atom. The number of anilines is 1. The smallest absolute Gasteiger partial charge is 0.252 e. The Bertz CT molecular complexity index is 997. The van der Waals surface area contributed by atoms with E-state index >= 15 is 0 Å². The average Bonchev–Trinajstić information content (AvgIpc) is 2.77. The van der Waals surface area contributed by atoms with Gasteiger partial charge < -0.3 is 10.2 Å². The average molecular weight is 371 g/mol. The molecule has 1 aliphatic heterocycles. The Labute approximate surface area is 165 Å².